The average molecular weight is 242 g/mol. The van der Waals surface area contributed by atoms with Gasteiger partial charge in [0.15, 0.2) is 5.82 Å². The fourth-order valence-corrected chi connectivity index (χ4v) is 1.62. The Labute approximate surface area is 105 Å². The van der Waals surface area contributed by atoms with E-state index in [0.717, 1.165) is 11.5 Å². The summed E-state index contributed by atoms with van der Waals surface area (Å²) in [5.41, 5.74) is 7.54. The Morgan fingerprint density at radius 3 is 3.00 bits per heavy atom. The largest absolute Gasteiger partial charge is 0.399 e. The highest BCUT2D eigenvalue weighted by atomic mass is 15.3. The molecule has 2 rings (SSSR count). The van der Waals surface area contributed by atoms with Crippen LogP contribution in [-0.4, -0.2) is 21.3 Å². The second-order valence-corrected chi connectivity index (χ2v) is 3.93. The van der Waals surface area contributed by atoms with Crippen LogP contribution in [0.2, 0.25) is 0 Å². The van der Waals surface area contributed by atoms with E-state index in [1.54, 1.807) is 29.2 Å². The van der Waals surface area contributed by atoms with Gasteiger partial charge in [-0.2, -0.15) is 10.4 Å². The van der Waals surface area contributed by atoms with Gasteiger partial charge < -0.3 is 11.1 Å². The summed E-state index contributed by atoms with van der Waals surface area (Å²) in [6.45, 7) is 0.669. The van der Waals surface area contributed by atoms with E-state index in [0.29, 0.717) is 24.2 Å². The molecule has 0 spiro atoms. The van der Waals surface area contributed by atoms with Gasteiger partial charge in [-0.15, -0.1) is 0 Å². The van der Waals surface area contributed by atoms with Crippen LogP contribution in [0.25, 0.3) is 0 Å². The maximum Gasteiger partial charge on any atom is 0.152 e. The first-order chi connectivity index (χ1) is 8.69. The molecule has 0 saturated heterocycles. The summed E-state index contributed by atoms with van der Waals surface area (Å²) >= 11 is 0. The zero-order chi connectivity index (χ0) is 13.0. The summed E-state index contributed by atoms with van der Waals surface area (Å²) in [6.07, 6.45) is 2.37. The van der Waals surface area contributed by atoms with E-state index in [1.165, 1.54) is 0 Å². The van der Waals surface area contributed by atoms with Crippen molar-refractivity contribution in [1.29, 1.82) is 5.26 Å². The predicted octanol–water partition coefficient (Wildman–Crippen LogP) is 0.924. The lowest BCUT2D eigenvalue weighted by Gasteiger charge is -2.07. The van der Waals surface area contributed by atoms with Crippen LogP contribution in [0.1, 0.15) is 11.4 Å². The quantitative estimate of drug-likeness (QED) is 0.778. The number of benzene rings is 1. The van der Waals surface area contributed by atoms with E-state index in [2.05, 4.69) is 21.5 Å². The highest BCUT2D eigenvalue weighted by Crippen LogP contribution is 2.17. The predicted molar refractivity (Wildman–Crippen MR) is 68.8 cm³/mol. The van der Waals surface area contributed by atoms with Crippen LogP contribution in [0.4, 0.5) is 11.4 Å². The minimum absolute atomic E-state index is 0.545. The fraction of sp³-hybridized carbons (Fsp3) is 0.250. The molecule has 0 unspecified atom stereocenters. The number of nitriles is 1. The Hall–Kier alpha value is -2.55. The van der Waals surface area contributed by atoms with Gasteiger partial charge in [-0.25, -0.2) is 4.98 Å². The molecule has 3 N–H and O–H groups in total. The third kappa shape index (κ3) is 2.77. The summed E-state index contributed by atoms with van der Waals surface area (Å²) in [4.78, 5) is 4.13. The Kier molecular flexibility index (Phi) is 3.44. The van der Waals surface area contributed by atoms with Gasteiger partial charge in [0, 0.05) is 25.7 Å². The smallest absolute Gasteiger partial charge is 0.152 e. The molecule has 0 atom stereocenters. The second-order valence-electron chi connectivity index (χ2n) is 3.93. The minimum atomic E-state index is 0.545. The van der Waals surface area contributed by atoms with Crippen LogP contribution in [0.15, 0.2) is 24.5 Å². The molecule has 1 heterocycles. The highest BCUT2D eigenvalue weighted by Gasteiger charge is 2.03. The van der Waals surface area contributed by atoms with Gasteiger partial charge in [0.2, 0.25) is 0 Å². The molecule has 1 aromatic heterocycles. The summed E-state index contributed by atoms with van der Waals surface area (Å²) in [7, 11) is 1.83. The zero-order valence-corrected chi connectivity index (χ0v) is 10.1. The maximum absolute atomic E-state index is 8.99. The highest BCUT2D eigenvalue weighted by molar-refractivity contribution is 5.62. The molecule has 92 valence electrons. The van der Waals surface area contributed by atoms with Crippen molar-refractivity contribution in [3.8, 4) is 6.07 Å². The van der Waals surface area contributed by atoms with Gasteiger partial charge in [0.25, 0.3) is 0 Å². The first-order valence-corrected chi connectivity index (χ1v) is 5.57. The van der Waals surface area contributed by atoms with Crippen LogP contribution >= 0.6 is 0 Å². The lowest BCUT2D eigenvalue weighted by atomic mass is 10.1. The number of hydrogen-bond donors (Lipinski definition) is 2. The zero-order valence-electron chi connectivity index (χ0n) is 10.1. The number of nitrogens with zero attached hydrogens (tertiary/aromatic N) is 4. The Morgan fingerprint density at radius 2 is 2.33 bits per heavy atom. The standard InChI is InChI=1S/C12H14N6/c1-18-8-16-12(17-18)4-5-15-11-3-2-10(14)6-9(11)7-13/h2-3,6,8,15H,4-5,14H2,1H3. The lowest BCUT2D eigenvalue weighted by molar-refractivity contribution is 0.742. The Morgan fingerprint density at radius 1 is 1.50 bits per heavy atom. The van der Waals surface area contributed by atoms with Crippen LogP contribution in [0.3, 0.4) is 0 Å². The summed E-state index contributed by atoms with van der Waals surface area (Å²) in [5.74, 6) is 0.777. The van der Waals surface area contributed by atoms with Crippen molar-refractivity contribution < 1.29 is 0 Å². The molecule has 0 bridgehead atoms. The molecule has 0 saturated carbocycles. The molecular formula is C12H14N6. The molecule has 6 heteroatoms. The molecule has 1 aromatic carbocycles. The first-order valence-electron chi connectivity index (χ1n) is 5.57. The summed E-state index contributed by atoms with van der Waals surface area (Å²) < 4.78 is 1.67. The topological polar surface area (TPSA) is 92.5 Å². The monoisotopic (exact) mass is 242 g/mol. The van der Waals surface area contributed by atoms with Crippen LogP contribution in [0.5, 0.6) is 0 Å². The number of aromatic nitrogens is 3. The van der Waals surface area contributed by atoms with Crippen molar-refractivity contribution in [2.24, 2.45) is 7.05 Å². The van der Waals surface area contributed by atoms with E-state index in [-0.39, 0.29) is 0 Å². The minimum Gasteiger partial charge on any atom is -0.399 e. The van der Waals surface area contributed by atoms with Gasteiger partial charge in [0.1, 0.15) is 12.4 Å². The molecular weight excluding hydrogens is 228 g/mol. The van der Waals surface area contributed by atoms with Crippen LogP contribution in [0, 0.1) is 11.3 Å². The SMILES string of the molecule is Cn1cnc(CCNc2ccc(N)cc2C#N)n1. The van der Waals surface area contributed by atoms with Gasteiger partial charge in [0.05, 0.1) is 11.3 Å². The summed E-state index contributed by atoms with van der Waals surface area (Å²) in [5, 5.41) is 16.3. The van der Waals surface area contributed by atoms with Gasteiger partial charge >= 0.3 is 0 Å². The lowest BCUT2D eigenvalue weighted by Crippen LogP contribution is -2.07. The Bertz CT molecular complexity index is 580. The van der Waals surface area contributed by atoms with E-state index >= 15 is 0 Å². The number of nitrogens with two attached hydrogens (primary N) is 1. The van der Waals surface area contributed by atoms with Crippen LogP contribution in [-0.2, 0) is 13.5 Å². The maximum atomic E-state index is 8.99. The third-order valence-electron chi connectivity index (χ3n) is 2.48. The van der Waals surface area contributed by atoms with E-state index in [1.807, 2.05) is 7.05 Å². The van der Waals surface area contributed by atoms with E-state index in [4.69, 9.17) is 11.0 Å². The van der Waals surface area contributed by atoms with Crippen molar-refractivity contribution in [3.05, 3.63) is 35.9 Å². The molecule has 0 radical (unpaired) electrons. The first kappa shape index (κ1) is 11.9. The van der Waals surface area contributed by atoms with Crippen molar-refractivity contribution >= 4 is 11.4 Å². The second kappa shape index (κ2) is 5.19. The molecule has 2 aromatic rings. The molecule has 0 aliphatic rings. The van der Waals surface area contributed by atoms with Gasteiger partial charge in [-0.3, -0.25) is 4.68 Å². The molecule has 6 nitrogen and oxygen atoms in total. The number of rotatable bonds is 4. The third-order valence-corrected chi connectivity index (χ3v) is 2.48. The van der Waals surface area contributed by atoms with Crippen LogP contribution < -0.4 is 11.1 Å². The molecule has 0 aliphatic heterocycles. The van der Waals surface area contributed by atoms with Gasteiger partial charge in [-0.05, 0) is 18.2 Å². The number of nitrogens with one attached hydrogen (secondary N) is 1. The number of hydrogen-bond acceptors (Lipinski definition) is 5. The van der Waals surface area contributed by atoms with Crippen molar-refractivity contribution in [3.63, 3.8) is 0 Å². The molecule has 0 fully saturated rings. The molecule has 18 heavy (non-hydrogen) atoms. The van der Waals surface area contributed by atoms with Crippen molar-refractivity contribution in [2.45, 2.75) is 6.42 Å². The summed E-state index contributed by atoms with van der Waals surface area (Å²) in [6, 6.07) is 7.34. The number of anilines is 2. The van der Waals surface area contributed by atoms with Crippen molar-refractivity contribution in [1.82, 2.24) is 14.8 Å². The molecule has 0 amide bonds. The van der Waals surface area contributed by atoms with E-state index < -0.39 is 0 Å². The van der Waals surface area contributed by atoms with E-state index in [9.17, 15) is 0 Å². The van der Waals surface area contributed by atoms with Crippen molar-refractivity contribution in [2.75, 3.05) is 17.6 Å². The average Bonchev–Trinajstić information content (AvgIpc) is 2.77. The molecule has 0 aliphatic carbocycles. The normalized spacial score (nSPS) is 10.0. The Balaban J connectivity index is 1.96. The fourth-order valence-electron chi connectivity index (χ4n) is 1.62. The number of nitrogen functional groups attached to an aromatic ring is 1. The van der Waals surface area contributed by atoms with Gasteiger partial charge in [-0.1, -0.05) is 0 Å². The number of aryl methyl sites for hydroxylation is 1.